The van der Waals surface area contributed by atoms with Gasteiger partial charge in [-0.1, -0.05) is 29.8 Å². The summed E-state index contributed by atoms with van der Waals surface area (Å²) in [5.74, 6) is -0.166. The summed E-state index contributed by atoms with van der Waals surface area (Å²) in [6.45, 7) is 4.44. The Morgan fingerprint density at radius 1 is 1.28 bits per heavy atom. The molecule has 3 aromatic rings. The Bertz CT molecular complexity index is 899. The van der Waals surface area contributed by atoms with Gasteiger partial charge in [0, 0.05) is 29.5 Å². The van der Waals surface area contributed by atoms with Crippen LogP contribution in [0.5, 0.6) is 0 Å². The molecular formula is C18H20ClN5O. The van der Waals surface area contributed by atoms with Crippen LogP contribution in [0, 0.1) is 6.92 Å². The molecule has 130 valence electrons. The molecule has 0 bridgehead atoms. The van der Waals surface area contributed by atoms with E-state index in [9.17, 15) is 4.79 Å². The third kappa shape index (κ3) is 3.74. The molecule has 0 spiro atoms. The summed E-state index contributed by atoms with van der Waals surface area (Å²) >= 11 is 6.17. The summed E-state index contributed by atoms with van der Waals surface area (Å²) in [5, 5.41) is 12.1. The highest BCUT2D eigenvalue weighted by Crippen LogP contribution is 2.18. The first kappa shape index (κ1) is 17.2. The van der Waals surface area contributed by atoms with Gasteiger partial charge in [-0.25, -0.2) is 0 Å². The molecule has 0 fully saturated rings. The Morgan fingerprint density at radius 2 is 2.04 bits per heavy atom. The van der Waals surface area contributed by atoms with Gasteiger partial charge in [-0.3, -0.25) is 14.2 Å². The van der Waals surface area contributed by atoms with Crippen LogP contribution < -0.4 is 5.32 Å². The SMILES string of the molecule is Cc1c([C@@H](C)NC(=O)c2cnn(Cc3ccccc3Cl)c2)cnn1C. The van der Waals surface area contributed by atoms with Crippen molar-refractivity contribution in [1.82, 2.24) is 24.9 Å². The van der Waals surface area contributed by atoms with E-state index in [-0.39, 0.29) is 11.9 Å². The zero-order chi connectivity index (χ0) is 18.0. The number of benzene rings is 1. The molecule has 0 radical (unpaired) electrons. The zero-order valence-electron chi connectivity index (χ0n) is 14.4. The molecule has 1 aromatic carbocycles. The van der Waals surface area contributed by atoms with Crippen molar-refractivity contribution >= 4 is 17.5 Å². The number of aromatic nitrogens is 4. The molecule has 2 aromatic heterocycles. The molecule has 0 saturated carbocycles. The number of carbonyl (C=O) groups is 1. The Morgan fingerprint density at radius 3 is 2.72 bits per heavy atom. The van der Waals surface area contributed by atoms with Crippen LogP contribution in [-0.4, -0.2) is 25.5 Å². The van der Waals surface area contributed by atoms with E-state index < -0.39 is 0 Å². The second kappa shape index (κ2) is 7.11. The first-order valence-corrected chi connectivity index (χ1v) is 8.38. The Kier molecular flexibility index (Phi) is 4.90. The van der Waals surface area contributed by atoms with E-state index in [4.69, 9.17) is 11.6 Å². The minimum atomic E-state index is -0.166. The number of nitrogens with zero attached hydrogens (tertiary/aromatic N) is 4. The molecular weight excluding hydrogens is 338 g/mol. The quantitative estimate of drug-likeness (QED) is 0.763. The fourth-order valence-corrected chi connectivity index (χ4v) is 2.86. The molecule has 0 aliphatic carbocycles. The van der Waals surface area contributed by atoms with E-state index in [1.807, 2.05) is 45.2 Å². The smallest absolute Gasteiger partial charge is 0.254 e. The Balaban J connectivity index is 1.68. The molecule has 3 rings (SSSR count). The van der Waals surface area contributed by atoms with Crippen molar-refractivity contribution in [2.45, 2.75) is 26.4 Å². The van der Waals surface area contributed by atoms with Gasteiger partial charge in [-0.05, 0) is 25.5 Å². The van der Waals surface area contributed by atoms with E-state index >= 15 is 0 Å². The summed E-state index contributed by atoms with van der Waals surface area (Å²) in [6, 6.07) is 7.46. The van der Waals surface area contributed by atoms with Crippen LogP contribution in [0.4, 0.5) is 0 Å². The van der Waals surface area contributed by atoms with Crippen molar-refractivity contribution in [3.05, 3.63) is 70.3 Å². The number of rotatable bonds is 5. The molecule has 1 amide bonds. The van der Waals surface area contributed by atoms with Crippen LogP contribution in [0.3, 0.4) is 0 Å². The van der Waals surface area contributed by atoms with Gasteiger partial charge >= 0.3 is 0 Å². The average molecular weight is 358 g/mol. The third-order valence-electron chi connectivity index (χ3n) is 4.27. The summed E-state index contributed by atoms with van der Waals surface area (Å²) < 4.78 is 3.50. The summed E-state index contributed by atoms with van der Waals surface area (Å²) in [7, 11) is 1.88. The van der Waals surface area contributed by atoms with Gasteiger partial charge in [0.05, 0.1) is 30.5 Å². The van der Waals surface area contributed by atoms with E-state index in [0.29, 0.717) is 17.1 Å². The number of aryl methyl sites for hydroxylation is 1. The summed E-state index contributed by atoms with van der Waals surface area (Å²) in [6.07, 6.45) is 5.07. The van der Waals surface area contributed by atoms with Crippen LogP contribution in [0.15, 0.2) is 42.9 Å². The van der Waals surface area contributed by atoms with Gasteiger partial charge in [0.1, 0.15) is 0 Å². The van der Waals surface area contributed by atoms with Crippen molar-refractivity contribution in [3.8, 4) is 0 Å². The van der Waals surface area contributed by atoms with Crippen LogP contribution in [0.2, 0.25) is 5.02 Å². The number of hydrogen-bond acceptors (Lipinski definition) is 3. The Labute approximate surface area is 151 Å². The lowest BCUT2D eigenvalue weighted by Gasteiger charge is -2.13. The molecule has 1 N–H and O–H groups in total. The second-order valence-corrected chi connectivity index (χ2v) is 6.43. The number of nitrogens with one attached hydrogen (secondary N) is 1. The number of amides is 1. The average Bonchev–Trinajstić information content (AvgIpc) is 3.17. The number of hydrogen-bond donors (Lipinski definition) is 1. The van der Waals surface area contributed by atoms with Crippen molar-refractivity contribution < 1.29 is 4.79 Å². The number of halogens is 1. The molecule has 2 heterocycles. The van der Waals surface area contributed by atoms with Crippen molar-refractivity contribution in [2.75, 3.05) is 0 Å². The van der Waals surface area contributed by atoms with Crippen molar-refractivity contribution in [2.24, 2.45) is 7.05 Å². The molecule has 1 atom stereocenters. The molecule has 0 aliphatic rings. The Hall–Kier alpha value is -2.60. The lowest BCUT2D eigenvalue weighted by atomic mass is 10.1. The van der Waals surface area contributed by atoms with Crippen molar-refractivity contribution in [1.29, 1.82) is 0 Å². The van der Waals surface area contributed by atoms with Crippen molar-refractivity contribution in [3.63, 3.8) is 0 Å². The lowest BCUT2D eigenvalue weighted by molar-refractivity contribution is 0.0939. The van der Waals surface area contributed by atoms with Crippen LogP contribution >= 0.6 is 11.6 Å². The van der Waals surface area contributed by atoms with E-state index in [1.54, 1.807) is 28.0 Å². The fraction of sp³-hybridized carbons (Fsp3) is 0.278. The van der Waals surface area contributed by atoms with E-state index in [1.165, 1.54) is 0 Å². The highest BCUT2D eigenvalue weighted by Gasteiger charge is 2.16. The number of carbonyl (C=O) groups excluding carboxylic acids is 1. The summed E-state index contributed by atoms with van der Waals surface area (Å²) in [4.78, 5) is 12.5. The molecule has 6 nitrogen and oxygen atoms in total. The normalized spacial score (nSPS) is 12.2. The second-order valence-electron chi connectivity index (χ2n) is 6.02. The molecule has 0 saturated heterocycles. The zero-order valence-corrected chi connectivity index (χ0v) is 15.2. The maximum Gasteiger partial charge on any atom is 0.254 e. The third-order valence-corrected chi connectivity index (χ3v) is 4.64. The molecule has 0 unspecified atom stereocenters. The van der Waals surface area contributed by atoms with Gasteiger partial charge in [0.2, 0.25) is 0 Å². The molecule has 7 heteroatoms. The highest BCUT2D eigenvalue weighted by atomic mass is 35.5. The predicted octanol–water partition coefficient (Wildman–Crippen LogP) is 3.12. The highest BCUT2D eigenvalue weighted by molar-refractivity contribution is 6.31. The van der Waals surface area contributed by atoms with Gasteiger partial charge < -0.3 is 5.32 Å². The van der Waals surface area contributed by atoms with Crippen LogP contribution in [-0.2, 0) is 13.6 Å². The largest absolute Gasteiger partial charge is 0.345 e. The van der Waals surface area contributed by atoms with Gasteiger partial charge in [-0.15, -0.1) is 0 Å². The molecule has 0 aliphatic heterocycles. The summed E-state index contributed by atoms with van der Waals surface area (Å²) in [5.41, 5.74) is 3.50. The van der Waals surface area contributed by atoms with E-state index in [0.717, 1.165) is 16.8 Å². The minimum Gasteiger partial charge on any atom is -0.345 e. The van der Waals surface area contributed by atoms with Gasteiger partial charge in [0.25, 0.3) is 5.91 Å². The molecule has 25 heavy (non-hydrogen) atoms. The van der Waals surface area contributed by atoms with E-state index in [2.05, 4.69) is 15.5 Å². The van der Waals surface area contributed by atoms with Crippen LogP contribution in [0.1, 0.15) is 40.1 Å². The fourth-order valence-electron chi connectivity index (χ4n) is 2.67. The topological polar surface area (TPSA) is 64.7 Å². The van der Waals surface area contributed by atoms with Crippen LogP contribution in [0.25, 0.3) is 0 Å². The van der Waals surface area contributed by atoms with Gasteiger partial charge in [-0.2, -0.15) is 10.2 Å². The van der Waals surface area contributed by atoms with Gasteiger partial charge in [0.15, 0.2) is 0 Å². The maximum absolute atomic E-state index is 12.5. The maximum atomic E-state index is 12.5. The predicted molar refractivity (Wildman–Crippen MR) is 96.6 cm³/mol. The minimum absolute atomic E-state index is 0.131. The first-order valence-electron chi connectivity index (χ1n) is 8.01. The standard InChI is InChI=1S/C18H20ClN5O/c1-12(16-9-20-23(3)13(16)2)22-18(25)15-8-21-24(11-15)10-14-6-4-5-7-17(14)19/h4-9,11-12H,10H2,1-3H3,(H,22,25)/t12-/m1/s1. The monoisotopic (exact) mass is 357 g/mol. The first-order chi connectivity index (χ1) is 12.0. The lowest BCUT2D eigenvalue weighted by Crippen LogP contribution is -2.26.